The Morgan fingerprint density at radius 3 is 2.13 bits per heavy atom. The van der Waals surface area contributed by atoms with Crippen LogP contribution in [0.25, 0.3) is 0 Å². The second-order valence-electron chi connectivity index (χ2n) is 6.26. The maximum Gasteiger partial charge on any atom is 0.264 e. The van der Waals surface area contributed by atoms with E-state index in [-0.39, 0.29) is 17.6 Å². The molecule has 0 spiro atoms. The minimum absolute atomic E-state index is 0.0124. The van der Waals surface area contributed by atoms with Crippen molar-refractivity contribution in [3.05, 3.63) is 30.1 Å². The number of carbonyl (C=O) groups is 1. The van der Waals surface area contributed by atoms with Crippen molar-refractivity contribution in [2.24, 2.45) is 11.8 Å². The van der Waals surface area contributed by atoms with E-state index in [0.29, 0.717) is 18.2 Å². The Morgan fingerprint density at radius 2 is 1.70 bits per heavy atom. The molecule has 0 saturated carbocycles. The number of benzene rings is 1. The summed E-state index contributed by atoms with van der Waals surface area (Å²) in [5.74, 6) is 0.555. The Morgan fingerprint density at radius 1 is 1.17 bits per heavy atom. The number of carbonyl (C=O) groups excluding carboxylic acids is 1. The van der Waals surface area contributed by atoms with Crippen LogP contribution in [-0.4, -0.2) is 18.1 Å². The smallest absolute Gasteiger partial charge is 0.264 e. The van der Waals surface area contributed by atoms with E-state index >= 15 is 0 Å². The van der Waals surface area contributed by atoms with Gasteiger partial charge in [-0.3, -0.25) is 4.79 Å². The van der Waals surface area contributed by atoms with Crippen molar-refractivity contribution in [1.29, 1.82) is 0 Å². The van der Waals surface area contributed by atoms with Crippen LogP contribution >= 0.6 is 0 Å². The lowest BCUT2D eigenvalue weighted by atomic mass is 9.91. The summed E-state index contributed by atoms with van der Waals surface area (Å²) in [7, 11) is 0. The van der Waals surface area contributed by atoms with Crippen LogP contribution in [0.15, 0.2) is 24.3 Å². The van der Waals surface area contributed by atoms with Crippen molar-refractivity contribution in [2.75, 3.05) is 6.54 Å². The first-order chi connectivity index (χ1) is 10.8. The van der Waals surface area contributed by atoms with E-state index < -0.39 is 5.60 Å². The van der Waals surface area contributed by atoms with Crippen LogP contribution in [0, 0.1) is 17.7 Å². The minimum atomic E-state index is -0.977. The number of halogens is 1. The Kier molecular flexibility index (Phi) is 9.54. The molecule has 0 fully saturated rings. The average Bonchev–Trinajstić information content (AvgIpc) is 2.50. The zero-order valence-electron chi connectivity index (χ0n) is 15.6. The average molecular weight is 325 g/mol. The fraction of sp³-hybridized carbons (Fsp3) is 0.632. The van der Waals surface area contributed by atoms with Gasteiger partial charge in [-0.05, 0) is 43.5 Å². The van der Waals surface area contributed by atoms with Crippen LogP contribution in [-0.2, 0) is 4.79 Å². The number of rotatable bonds is 7. The first-order valence-electron chi connectivity index (χ1n) is 8.48. The van der Waals surface area contributed by atoms with E-state index in [4.69, 9.17) is 4.74 Å². The minimum Gasteiger partial charge on any atom is -0.477 e. The van der Waals surface area contributed by atoms with Gasteiger partial charge in [-0.15, -0.1) is 0 Å². The predicted molar refractivity (Wildman–Crippen MR) is 94.1 cm³/mol. The van der Waals surface area contributed by atoms with Gasteiger partial charge in [-0.2, -0.15) is 0 Å². The summed E-state index contributed by atoms with van der Waals surface area (Å²) in [5, 5.41) is 2.93. The van der Waals surface area contributed by atoms with Crippen LogP contribution in [0.4, 0.5) is 4.39 Å². The van der Waals surface area contributed by atoms with Gasteiger partial charge in [-0.1, -0.05) is 41.5 Å². The standard InChI is InChI=1S/C17H26FNO2.C2H6/c1-12(2)10-11-19-16(20)17(5,13(3)4)21-15-8-6-14(18)7-9-15;1-2/h6-9,12-13H,10-11H2,1-5H3,(H,19,20);1-2H3. The summed E-state index contributed by atoms with van der Waals surface area (Å²) in [6, 6.07) is 5.73. The van der Waals surface area contributed by atoms with Crippen LogP contribution in [0.2, 0.25) is 0 Å². The first-order valence-corrected chi connectivity index (χ1v) is 8.48. The third kappa shape index (κ3) is 7.02. The second-order valence-corrected chi connectivity index (χ2v) is 6.26. The molecule has 0 aliphatic heterocycles. The molecule has 1 N–H and O–H groups in total. The fourth-order valence-corrected chi connectivity index (χ4v) is 1.82. The zero-order chi connectivity index (χ0) is 18.0. The lowest BCUT2D eigenvalue weighted by molar-refractivity contribution is -0.139. The highest BCUT2D eigenvalue weighted by molar-refractivity contribution is 5.85. The van der Waals surface area contributed by atoms with Gasteiger partial charge < -0.3 is 10.1 Å². The number of hydrogen-bond acceptors (Lipinski definition) is 2. The molecule has 0 aromatic heterocycles. The van der Waals surface area contributed by atoms with Gasteiger partial charge in [0.25, 0.3) is 5.91 Å². The molecule has 23 heavy (non-hydrogen) atoms. The molecule has 1 aromatic carbocycles. The van der Waals surface area contributed by atoms with E-state index in [9.17, 15) is 9.18 Å². The molecule has 3 nitrogen and oxygen atoms in total. The van der Waals surface area contributed by atoms with Crippen LogP contribution in [0.1, 0.15) is 54.9 Å². The molecule has 0 saturated heterocycles. The van der Waals surface area contributed by atoms with Crippen molar-refractivity contribution in [2.45, 2.75) is 60.5 Å². The normalized spacial score (nSPS) is 13.1. The predicted octanol–water partition coefficient (Wildman–Crippen LogP) is 4.81. The summed E-state index contributed by atoms with van der Waals surface area (Å²) in [4.78, 5) is 12.4. The summed E-state index contributed by atoms with van der Waals surface area (Å²) in [6.45, 7) is 14.5. The number of nitrogens with one attached hydrogen (secondary N) is 1. The molecule has 1 unspecified atom stereocenters. The van der Waals surface area contributed by atoms with E-state index in [2.05, 4.69) is 19.2 Å². The molecule has 1 atom stereocenters. The molecule has 1 aromatic rings. The van der Waals surface area contributed by atoms with Gasteiger partial charge in [0.1, 0.15) is 11.6 Å². The van der Waals surface area contributed by atoms with Crippen molar-refractivity contribution in [3.63, 3.8) is 0 Å². The quantitative estimate of drug-likeness (QED) is 0.781. The molecule has 0 radical (unpaired) electrons. The van der Waals surface area contributed by atoms with E-state index in [1.165, 1.54) is 24.3 Å². The SMILES string of the molecule is CC.CC(C)CCNC(=O)C(C)(Oc1ccc(F)cc1)C(C)C. The van der Waals surface area contributed by atoms with Gasteiger partial charge in [0.15, 0.2) is 5.60 Å². The molecule has 1 rings (SSSR count). The van der Waals surface area contributed by atoms with E-state index in [1.807, 2.05) is 27.7 Å². The lowest BCUT2D eigenvalue weighted by Gasteiger charge is -2.33. The zero-order valence-corrected chi connectivity index (χ0v) is 15.6. The summed E-state index contributed by atoms with van der Waals surface area (Å²) in [5.41, 5.74) is -0.977. The second kappa shape index (κ2) is 10.2. The molecular formula is C19H32FNO2. The van der Waals surface area contributed by atoms with Crippen LogP contribution in [0.5, 0.6) is 5.75 Å². The van der Waals surface area contributed by atoms with Gasteiger partial charge in [0.05, 0.1) is 0 Å². The van der Waals surface area contributed by atoms with Gasteiger partial charge in [0.2, 0.25) is 0 Å². The van der Waals surface area contributed by atoms with E-state index in [1.54, 1.807) is 6.92 Å². The van der Waals surface area contributed by atoms with Crippen molar-refractivity contribution >= 4 is 5.91 Å². The third-order valence-corrected chi connectivity index (χ3v) is 3.70. The Bertz CT molecular complexity index is 457. The van der Waals surface area contributed by atoms with Crippen LogP contribution in [0.3, 0.4) is 0 Å². The van der Waals surface area contributed by atoms with Crippen molar-refractivity contribution in [3.8, 4) is 5.75 Å². The highest BCUT2D eigenvalue weighted by Crippen LogP contribution is 2.25. The maximum absolute atomic E-state index is 12.9. The summed E-state index contributed by atoms with van der Waals surface area (Å²) >= 11 is 0. The first kappa shape index (κ1) is 21.4. The third-order valence-electron chi connectivity index (χ3n) is 3.70. The number of hydrogen-bond donors (Lipinski definition) is 1. The van der Waals surface area contributed by atoms with Crippen LogP contribution < -0.4 is 10.1 Å². The van der Waals surface area contributed by atoms with Crippen molar-refractivity contribution in [1.82, 2.24) is 5.32 Å². The number of ether oxygens (including phenoxy) is 1. The van der Waals surface area contributed by atoms with E-state index in [0.717, 1.165) is 6.42 Å². The molecular weight excluding hydrogens is 293 g/mol. The maximum atomic E-state index is 12.9. The van der Waals surface area contributed by atoms with Gasteiger partial charge >= 0.3 is 0 Å². The highest BCUT2D eigenvalue weighted by Gasteiger charge is 2.39. The van der Waals surface area contributed by atoms with Crippen molar-refractivity contribution < 1.29 is 13.9 Å². The van der Waals surface area contributed by atoms with Gasteiger partial charge in [0, 0.05) is 12.5 Å². The molecule has 0 aliphatic carbocycles. The molecule has 0 bridgehead atoms. The molecule has 1 amide bonds. The lowest BCUT2D eigenvalue weighted by Crippen LogP contribution is -2.52. The Balaban J connectivity index is 0.00000232. The monoisotopic (exact) mass is 325 g/mol. The topological polar surface area (TPSA) is 38.3 Å². The number of amides is 1. The molecule has 4 heteroatoms. The molecule has 0 heterocycles. The molecule has 0 aliphatic rings. The Hall–Kier alpha value is -1.58. The molecule has 132 valence electrons. The Labute approximate surface area is 140 Å². The highest BCUT2D eigenvalue weighted by atomic mass is 19.1. The van der Waals surface area contributed by atoms with Gasteiger partial charge in [-0.25, -0.2) is 4.39 Å². The largest absolute Gasteiger partial charge is 0.477 e. The fourth-order valence-electron chi connectivity index (χ4n) is 1.82. The summed E-state index contributed by atoms with van der Waals surface area (Å²) in [6.07, 6.45) is 0.927. The summed E-state index contributed by atoms with van der Waals surface area (Å²) < 4.78 is 18.8.